The van der Waals surface area contributed by atoms with Gasteiger partial charge in [0.2, 0.25) is 0 Å². The Morgan fingerprint density at radius 1 is 1.47 bits per heavy atom. The minimum absolute atomic E-state index is 0.711. The maximum absolute atomic E-state index is 8.75. The highest BCUT2D eigenvalue weighted by molar-refractivity contribution is 5.83. The maximum atomic E-state index is 8.75. The van der Waals surface area contributed by atoms with Gasteiger partial charge in [0.1, 0.15) is 0 Å². The number of hydrogen-bond acceptors (Lipinski definition) is 3. The van der Waals surface area contributed by atoms with Gasteiger partial charge in [0.25, 0.3) is 0 Å². The first-order chi connectivity index (χ1) is 7.38. The summed E-state index contributed by atoms with van der Waals surface area (Å²) in [6.45, 7) is 1.70. The summed E-state index contributed by atoms with van der Waals surface area (Å²) in [5.74, 6) is 1.09. The standard InChI is InChI=1S/C12H13N3/c13-8-10-3-1-4-11(7-10)9-15-12-5-2-6-14-12/h1,3-4,7H,2,5-6,9H2,(H,14,15). The molecule has 1 N–H and O–H groups in total. The first-order valence-corrected chi connectivity index (χ1v) is 5.15. The normalized spacial score (nSPS) is 14.5. The second-order valence-corrected chi connectivity index (χ2v) is 3.60. The lowest BCUT2D eigenvalue weighted by Crippen LogP contribution is -2.20. The summed E-state index contributed by atoms with van der Waals surface area (Å²) in [7, 11) is 0. The molecule has 0 unspecified atom stereocenters. The second kappa shape index (κ2) is 4.61. The van der Waals surface area contributed by atoms with Crippen molar-refractivity contribution in [3.05, 3.63) is 35.4 Å². The largest absolute Gasteiger partial charge is 0.370 e. The summed E-state index contributed by atoms with van der Waals surface area (Å²) < 4.78 is 0. The number of amidine groups is 1. The average molecular weight is 199 g/mol. The first kappa shape index (κ1) is 9.72. The van der Waals surface area contributed by atoms with Gasteiger partial charge in [0.05, 0.1) is 17.5 Å². The Morgan fingerprint density at radius 3 is 3.13 bits per heavy atom. The Hall–Kier alpha value is -1.82. The number of nitrogens with zero attached hydrogens (tertiary/aromatic N) is 2. The fraction of sp³-hybridized carbons (Fsp3) is 0.333. The molecule has 1 aromatic carbocycles. The number of nitrogens with one attached hydrogen (secondary N) is 1. The monoisotopic (exact) mass is 199 g/mol. The van der Waals surface area contributed by atoms with Crippen molar-refractivity contribution < 1.29 is 0 Å². The number of rotatable bonds is 2. The highest BCUT2D eigenvalue weighted by Gasteiger charge is 2.04. The van der Waals surface area contributed by atoms with Crippen molar-refractivity contribution in [2.24, 2.45) is 4.99 Å². The van der Waals surface area contributed by atoms with Gasteiger partial charge < -0.3 is 5.32 Å². The number of nitriles is 1. The van der Waals surface area contributed by atoms with Crippen LogP contribution in [0.2, 0.25) is 0 Å². The second-order valence-electron chi connectivity index (χ2n) is 3.60. The molecule has 0 spiro atoms. The average Bonchev–Trinajstić information content (AvgIpc) is 2.79. The Kier molecular flexibility index (Phi) is 2.99. The fourth-order valence-corrected chi connectivity index (χ4v) is 1.64. The molecule has 1 aliphatic heterocycles. The Bertz CT molecular complexity index is 415. The zero-order valence-electron chi connectivity index (χ0n) is 8.53. The summed E-state index contributed by atoms with van der Waals surface area (Å²) >= 11 is 0. The van der Waals surface area contributed by atoms with Crippen LogP contribution in [0.15, 0.2) is 29.3 Å². The molecular formula is C12H13N3. The lowest BCUT2D eigenvalue weighted by molar-refractivity contribution is 0.888. The summed E-state index contributed by atoms with van der Waals surface area (Å²) in [5, 5.41) is 12.0. The van der Waals surface area contributed by atoms with Gasteiger partial charge in [0.15, 0.2) is 0 Å². The van der Waals surface area contributed by atoms with E-state index in [1.54, 1.807) is 0 Å². The lowest BCUT2D eigenvalue weighted by Gasteiger charge is -2.05. The molecule has 1 aliphatic rings. The smallest absolute Gasteiger partial charge is 0.0991 e. The van der Waals surface area contributed by atoms with Crippen molar-refractivity contribution >= 4 is 5.84 Å². The molecule has 15 heavy (non-hydrogen) atoms. The number of aliphatic imine (C=N–C) groups is 1. The van der Waals surface area contributed by atoms with Crippen LogP contribution in [0.5, 0.6) is 0 Å². The van der Waals surface area contributed by atoms with Gasteiger partial charge in [0, 0.05) is 19.5 Å². The van der Waals surface area contributed by atoms with Crippen LogP contribution in [0.1, 0.15) is 24.0 Å². The fourth-order valence-electron chi connectivity index (χ4n) is 1.64. The van der Waals surface area contributed by atoms with Gasteiger partial charge >= 0.3 is 0 Å². The van der Waals surface area contributed by atoms with E-state index < -0.39 is 0 Å². The van der Waals surface area contributed by atoms with Crippen molar-refractivity contribution in [3.8, 4) is 6.07 Å². The SMILES string of the molecule is N#Cc1cccc(CNC2=NCCC2)c1. The van der Waals surface area contributed by atoms with Crippen LogP contribution in [0.3, 0.4) is 0 Å². The van der Waals surface area contributed by atoms with Crippen LogP contribution in [0, 0.1) is 11.3 Å². The van der Waals surface area contributed by atoms with Crippen LogP contribution in [0.4, 0.5) is 0 Å². The molecule has 0 saturated heterocycles. The molecular weight excluding hydrogens is 186 g/mol. The van der Waals surface area contributed by atoms with Crippen LogP contribution in [-0.2, 0) is 6.54 Å². The van der Waals surface area contributed by atoms with Crippen LogP contribution in [0.25, 0.3) is 0 Å². The van der Waals surface area contributed by atoms with Crippen molar-refractivity contribution in [3.63, 3.8) is 0 Å². The highest BCUT2D eigenvalue weighted by Crippen LogP contribution is 2.06. The van der Waals surface area contributed by atoms with Crippen LogP contribution >= 0.6 is 0 Å². The van der Waals surface area contributed by atoms with E-state index in [0.29, 0.717) is 5.56 Å². The topological polar surface area (TPSA) is 48.2 Å². The maximum Gasteiger partial charge on any atom is 0.0991 e. The Labute approximate surface area is 89.5 Å². The van der Waals surface area contributed by atoms with E-state index >= 15 is 0 Å². The lowest BCUT2D eigenvalue weighted by atomic mass is 10.1. The van der Waals surface area contributed by atoms with Gasteiger partial charge in [-0.25, -0.2) is 0 Å². The molecule has 1 aromatic rings. The Balaban J connectivity index is 1.96. The number of benzene rings is 1. The molecule has 0 saturated carbocycles. The van der Waals surface area contributed by atoms with Crippen molar-refractivity contribution in [1.82, 2.24) is 5.32 Å². The quantitative estimate of drug-likeness (QED) is 0.790. The van der Waals surface area contributed by atoms with Crippen molar-refractivity contribution in [1.29, 1.82) is 5.26 Å². The molecule has 0 aromatic heterocycles. The van der Waals surface area contributed by atoms with E-state index in [9.17, 15) is 0 Å². The molecule has 0 radical (unpaired) electrons. The van der Waals surface area contributed by atoms with Crippen LogP contribution < -0.4 is 5.32 Å². The van der Waals surface area contributed by atoms with Crippen molar-refractivity contribution in [2.75, 3.05) is 6.54 Å². The van der Waals surface area contributed by atoms with E-state index in [2.05, 4.69) is 16.4 Å². The van der Waals surface area contributed by atoms with Crippen LogP contribution in [-0.4, -0.2) is 12.4 Å². The summed E-state index contributed by atoms with van der Waals surface area (Å²) in [6.07, 6.45) is 2.21. The van der Waals surface area contributed by atoms with Gasteiger partial charge in [-0.15, -0.1) is 0 Å². The van der Waals surface area contributed by atoms with E-state index in [-0.39, 0.29) is 0 Å². The molecule has 0 amide bonds. The molecule has 1 heterocycles. The van der Waals surface area contributed by atoms with Gasteiger partial charge in [-0.1, -0.05) is 12.1 Å². The molecule has 76 valence electrons. The highest BCUT2D eigenvalue weighted by atomic mass is 15.0. The molecule has 0 bridgehead atoms. The predicted octanol–water partition coefficient (Wildman–Crippen LogP) is 1.84. The summed E-state index contributed by atoms with van der Waals surface area (Å²) in [6, 6.07) is 9.78. The molecule has 0 aliphatic carbocycles. The minimum Gasteiger partial charge on any atom is -0.370 e. The van der Waals surface area contributed by atoms with Crippen molar-refractivity contribution in [2.45, 2.75) is 19.4 Å². The molecule has 0 atom stereocenters. The summed E-state index contributed by atoms with van der Waals surface area (Å²) in [5.41, 5.74) is 1.84. The summed E-state index contributed by atoms with van der Waals surface area (Å²) in [4.78, 5) is 4.33. The third-order valence-corrected chi connectivity index (χ3v) is 2.43. The first-order valence-electron chi connectivity index (χ1n) is 5.15. The van der Waals surface area contributed by atoms with E-state index in [1.165, 1.54) is 0 Å². The Morgan fingerprint density at radius 2 is 2.40 bits per heavy atom. The molecule has 0 fully saturated rings. The zero-order valence-corrected chi connectivity index (χ0v) is 8.53. The molecule has 2 rings (SSSR count). The third-order valence-electron chi connectivity index (χ3n) is 2.43. The van der Waals surface area contributed by atoms with Gasteiger partial charge in [-0.05, 0) is 24.1 Å². The van der Waals surface area contributed by atoms with E-state index in [4.69, 9.17) is 5.26 Å². The van der Waals surface area contributed by atoms with E-state index in [0.717, 1.165) is 37.3 Å². The van der Waals surface area contributed by atoms with Gasteiger partial charge in [-0.3, -0.25) is 4.99 Å². The predicted molar refractivity (Wildman–Crippen MR) is 59.5 cm³/mol. The van der Waals surface area contributed by atoms with Gasteiger partial charge in [-0.2, -0.15) is 5.26 Å². The molecule has 3 nitrogen and oxygen atoms in total. The number of hydrogen-bond donors (Lipinski definition) is 1. The van der Waals surface area contributed by atoms with E-state index in [1.807, 2.05) is 24.3 Å². The minimum atomic E-state index is 0.711. The third kappa shape index (κ3) is 2.57. The molecule has 3 heteroatoms. The zero-order chi connectivity index (χ0) is 10.5.